The maximum absolute atomic E-state index is 14.6. The van der Waals surface area contributed by atoms with Gasteiger partial charge in [0, 0.05) is 42.5 Å². The number of carboxylic acid groups (broad SMARTS) is 1. The molecule has 5 rings (SSSR count). The van der Waals surface area contributed by atoms with E-state index in [-0.39, 0.29) is 61.9 Å². The van der Waals surface area contributed by atoms with Crippen LogP contribution in [0.25, 0.3) is 0 Å². The Hall–Kier alpha value is -7.12. The highest BCUT2D eigenvalue weighted by Crippen LogP contribution is 2.29. The Morgan fingerprint density at radius 2 is 1.14 bits per heavy atom. The van der Waals surface area contributed by atoms with Crippen LogP contribution in [0.15, 0.2) is 24.3 Å². The Kier molecular flexibility index (Phi) is 29.9. The summed E-state index contributed by atoms with van der Waals surface area (Å²) in [6.07, 6.45) is -1.10. The SMILES string of the molecule is CC(C)C[C@@H]1NC(=O)[C@H](C(C)C)NC(=O)[C@H](C)NC(=O)[C@@H]2CSSC[C@H](NC(=O)CN)C(=O)N[C@@H](CSSC[C@H](C(=O)NCC(=O)O)NC(=O)[C@H](Cc3ccc(O)cc3)NC1=O)C(=O)N[C@@H](CO)C(=O)N[C@@H]([C@@H](C)O)C(=O)N1CCC[C@H]1C(=O)N1CCC[C@H]1C(=O)N2. The Morgan fingerprint density at radius 3 is 1.73 bits per heavy atom. The molecule has 92 heavy (non-hydrogen) atoms. The number of aliphatic hydroxyl groups excluding tert-OH is 2. The minimum atomic E-state index is -1.89. The van der Waals surface area contributed by atoms with Crippen molar-refractivity contribution in [3.63, 3.8) is 0 Å². The standard InChI is InChI=1S/C56H84N14O18S4/c1-26(2)17-32-47(79)61-33(18-30-11-13-31(73)14-12-30)48(80)64-35(46(78)58-20-42(75)76)22-89-92-25-38-52(84)63-34(21-71)49(81)68-44(29(6)72)56(88)70-16-8-10-40(70)55(87)69-15-7-9-39(69)53(85)66-37(24-91-90-23-36(51(83)65-38)60-41(74)19-57)50(82)59-28(5)45(77)67-43(27(3)4)54(86)62-32/h11-14,26-29,32-40,43-44,71-73H,7-10,15-25,57H2,1-6H3,(H,58,78)(H,59,82)(H,60,74)(H,61,79)(H,62,86)(H,63,84)(H,64,80)(H,65,83)(H,66,85)(H,67,77)(H,68,81)(H,75,76)/t28-,29+,32-,33-,34-,35+,36-,37-,38-,39-,40-,43-,44-/m0/s1. The summed E-state index contributed by atoms with van der Waals surface area (Å²) in [5, 5.41) is 68.8. The number of nitrogens with one attached hydrogen (secondary N) is 11. The summed E-state index contributed by atoms with van der Waals surface area (Å²) >= 11 is 0. The highest BCUT2D eigenvalue weighted by molar-refractivity contribution is 8.77. The fraction of sp³-hybridized carbons (Fsp3) is 0.643. The number of aliphatic carboxylic acids is 1. The van der Waals surface area contributed by atoms with E-state index in [4.69, 9.17) is 5.73 Å². The van der Waals surface area contributed by atoms with Crippen molar-refractivity contribution in [3.8, 4) is 5.75 Å². The first-order valence-corrected chi connectivity index (χ1v) is 34.9. The van der Waals surface area contributed by atoms with E-state index in [0.29, 0.717) is 18.4 Å². The second-order valence-electron chi connectivity index (χ2n) is 23.2. The normalized spacial score (nSPS) is 28.4. The van der Waals surface area contributed by atoms with Gasteiger partial charge in [0.15, 0.2) is 0 Å². The van der Waals surface area contributed by atoms with E-state index in [9.17, 15) is 87.5 Å². The molecule has 4 fully saturated rings. The smallest absolute Gasteiger partial charge is 0.322 e. The van der Waals surface area contributed by atoms with Crippen molar-refractivity contribution in [1.82, 2.24) is 68.3 Å². The number of carbonyl (C=O) groups excluding carboxylic acids is 13. The van der Waals surface area contributed by atoms with Crippen LogP contribution >= 0.6 is 43.2 Å². The number of hydrogen-bond donors (Lipinski definition) is 16. The van der Waals surface area contributed by atoms with Crippen LogP contribution in [0.2, 0.25) is 0 Å². The molecule has 0 saturated carbocycles. The summed E-state index contributed by atoms with van der Waals surface area (Å²) in [6.45, 7) is 6.57. The average Bonchev–Trinajstić information content (AvgIpc) is 1.66. The second kappa shape index (κ2) is 36.4. The van der Waals surface area contributed by atoms with Crippen molar-refractivity contribution in [2.45, 2.75) is 159 Å². The van der Waals surface area contributed by atoms with Gasteiger partial charge in [-0.1, -0.05) is 83.0 Å². The van der Waals surface area contributed by atoms with E-state index >= 15 is 0 Å². The van der Waals surface area contributed by atoms with Gasteiger partial charge in [-0.05, 0) is 75.5 Å². The molecule has 4 heterocycles. The molecule has 1 aromatic rings. The van der Waals surface area contributed by atoms with Crippen molar-refractivity contribution in [2.75, 3.05) is 55.8 Å². The molecule has 2 bridgehead atoms. The van der Waals surface area contributed by atoms with E-state index in [1.807, 2.05) is 0 Å². The molecule has 0 spiro atoms. The Balaban J connectivity index is 1.65. The predicted molar refractivity (Wildman–Crippen MR) is 339 cm³/mol. The van der Waals surface area contributed by atoms with Crippen LogP contribution in [-0.4, -0.2) is 247 Å². The van der Waals surface area contributed by atoms with Crippen molar-refractivity contribution in [1.29, 1.82) is 0 Å². The zero-order valence-electron chi connectivity index (χ0n) is 51.7. The van der Waals surface area contributed by atoms with Crippen LogP contribution in [-0.2, 0) is 73.5 Å². The maximum atomic E-state index is 14.6. The topological polar surface area (TPSA) is 485 Å². The zero-order valence-corrected chi connectivity index (χ0v) is 55.0. The van der Waals surface area contributed by atoms with Crippen LogP contribution in [0.3, 0.4) is 0 Å². The molecule has 4 aliphatic rings. The largest absolute Gasteiger partial charge is 0.508 e. The number of benzene rings is 1. The first-order chi connectivity index (χ1) is 43.5. The van der Waals surface area contributed by atoms with Crippen molar-refractivity contribution >= 4 is 126 Å². The quantitative estimate of drug-likeness (QED) is 0.0870. The summed E-state index contributed by atoms with van der Waals surface area (Å²) in [6, 6.07) is -12.6. The molecule has 0 aromatic heterocycles. The summed E-state index contributed by atoms with van der Waals surface area (Å²) in [4.78, 5) is 199. The van der Waals surface area contributed by atoms with Gasteiger partial charge in [0.1, 0.15) is 84.8 Å². The molecular weight excluding hydrogens is 1280 g/mol. The molecule has 0 unspecified atom stereocenters. The van der Waals surface area contributed by atoms with Crippen molar-refractivity contribution in [3.05, 3.63) is 29.8 Å². The molecule has 1 aromatic carbocycles. The van der Waals surface area contributed by atoms with E-state index in [1.54, 1.807) is 27.7 Å². The van der Waals surface area contributed by atoms with E-state index in [2.05, 4.69) is 58.5 Å². The van der Waals surface area contributed by atoms with Gasteiger partial charge in [0.05, 0.1) is 19.3 Å². The molecule has 17 N–H and O–H groups in total. The number of amides is 13. The van der Waals surface area contributed by atoms with Gasteiger partial charge in [0.2, 0.25) is 76.8 Å². The van der Waals surface area contributed by atoms with E-state index in [0.717, 1.165) is 48.1 Å². The highest BCUT2D eigenvalue weighted by atomic mass is 33.1. The van der Waals surface area contributed by atoms with Crippen LogP contribution in [0.5, 0.6) is 5.75 Å². The molecule has 13 amide bonds. The number of aromatic hydroxyl groups is 1. The van der Waals surface area contributed by atoms with Gasteiger partial charge in [0.25, 0.3) is 0 Å². The molecule has 36 heteroatoms. The predicted octanol–water partition coefficient (Wildman–Crippen LogP) is -5.19. The molecule has 0 radical (unpaired) electrons. The lowest BCUT2D eigenvalue weighted by Crippen LogP contribution is -2.62. The molecule has 13 atom stereocenters. The minimum absolute atomic E-state index is 0.0148. The first-order valence-electron chi connectivity index (χ1n) is 29.9. The van der Waals surface area contributed by atoms with Gasteiger partial charge in [-0.2, -0.15) is 0 Å². The zero-order chi connectivity index (χ0) is 68.1. The number of phenolic OH excluding ortho intramolecular Hbond substituents is 1. The third-order valence-electron chi connectivity index (χ3n) is 15.1. The average molecular weight is 1370 g/mol. The summed E-state index contributed by atoms with van der Waals surface area (Å²) in [5.74, 6) is -16.2. The summed E-state index contributed by atoms with van der Waals surface area (Å²) < 4.78 is 0. The maximum Gasteiger partial charge on any atom is 0.322 e. The van der Waals surface area contributed by atoms with Gasteiger partial charge in [-0.3, -0.25) is 67.1 Å². The van der Waals surface area contributed by atoms with Gasteiger partial charge in [-0.25, -0.2) is 0 Å². The first kappa shape index (κ1) is 75.6. The Morgan fingerprint density at radius 1 is 0.609 bits per heavy atom. The summed E-state index contributed by atoms with van der Waals surface area (Å²) in [5.41, 5.74) is 6.03. The number of phenols is 1. The number of fused-ring (bicyclic) bond motifs is 10. The molecule has 4 saturated heterocycles. The number of carboxylic acids is 1. The fourth-order valence-corrected chi connectivity index (χ4v) is 14.8. The molecule has 510 valence electrons. The number of hydrogen-bond acceptors (Lipinski definition) is 22. The summed E-state index contributed by atoms with van der Waals surface area (Å²) in [7, 11) is 3.44. The van der Waals surface area contributed by atoms with E-state index < -0.39 is 198 Å². The lowest BCUT2D eigenvalue weighted by molar-refractivity contribution is -0.149. The van der Waals surface area contributed by atoms with Crippen molar-refractivity contribution in [2.24, 2.45) is 17.6 Å². The molecule has 4 aliphatic heterocycles. The number of carbonyl (C=O) groups is 14. The van der Waals surface area contributed by atoms with Crippen LogP contribution < -0.4 is 64.2 Å². The van der Waals surface area contributed by atoms with Gasteiger partial charge < -0.3 is 94.4 Å². The monoisotopic (exact) mass is 1370 g/mol. The number of nitrogens with two attached hydrogens (primary N) is 1. The van der Waals surface area contributed by atoms with Crippen LogP contribution in [0.4, 0.5) is 0 Å². The van der Waals surface area contributed by atoms with Gasteiger partial charge in [-0.15, -0.1) is 0 Å². The molecule has 0 aliphatic carbocycles. The van der Waals surface area contributed by atoms with Crippen LogP contribution in [0, 0.1) is 11.8 Å². The third-order valence-corrected chi connectivity index (χ3v) is 20.0. The van der Waals surface area contributed by atoms with Crippen molar-refractivity contribution < 1.29 is 87.5 Å². The Bertz CT molecular complexity index is 2860. The lowest BCUT2D eigenvalue weighted by atomic mass is 9.98. The highest BCUT2D eigenvalue weighted by Gasteiger charge is 2.46. The molecular formula is C56H84N14O18S4. The number of rotatable bonds is 12. The lowest BCUT2D eigenvalue weighted by Gasteiger charge is -2.34. The second-order valence-corrected chi connectivity index (χ2v) is 28.3. The number of aliphatic hydroxyl groups is 2. The van der Waals surface area contributed by atoms with Gasteiger partial charge >= 0.3 is 5.97 Å². The Labute approximate surface area is 546 Å². The van der Waals surface area contributed by atoms with Crippen LogP contribution in [0.1, 0.15) is 79.2 Å². The number of nitrogens with zero attached hydrogens (tertiary/aromatic N) is 2. The molecule has 32 nitrogen and oxygen atoms in total. The third kappa shape index (κ3) is 22.3. The minimum Gasteiger partial charge on any atom is -0.508 e. The fourth-order valence-electron chi connectivity index (χ4n) is 10.1. The van der Waals surface area contributed by atoms with E-state index in [1.165, 1.54) is 43.0 Å².